The zero-order chi connectivity index (χ0) is 30.1. The number of pyridine rings is 1. The van der Waals surface area contributed by atoms with Crippen molar-refractivity contribution in [1.29, 1.82) is 0 Å². The molecule has 3 aromatic carbocycles. The van der Waals surface area contributed by atoms with Crippen molar-refractivity contribution in [1.82, 2.24) is 19.4 Å². The van der Waals surface area contributed by atoms with Crippen LogP contribution in [0, 0.1) is 5.92 Å². The average molecular weight is 577 g/mol. The van der Waals surface area contributed by atoms with Crippen molar-refractivity contribution in [2.24, 2.45) is 13.0 Å². The van der Waals surface area contributed by atoms with Gasteiger partial charge in [-0.25, -0.2) is 0 Å². The monoisotopic (exact) mass is 576 g/mol. The van der Waals surface area contributed by atoms with Crippen LogP contribution in [-0.2, 0) is 20.1 Å². The third-order valence-corrected chi connectivity index (χ3v) is 8.63. The molecule has 2 atom stereocenters. The summed E-state index contributed by atoms with van der Waals surface area (Å²) in [5.41, 5.74) is 2.97. The summed E-state index contributed by atoms with van der Waals surface area (Å²) in [6, 6.07) is 26.8. The molecule has 0 bridgehead atoms. The number of methoxy groups -OCH3 is 1. The minimum absolute atomic E-state index is 0.0147. The van der Waals surface area contributed by atoms with E-state index in [-0.39, 0.29) is 41.5 Å². The molecule has 0 saturated carbocycles. The SMILES string of the molecule is COc1c(C(=O)NC2CCN(Cc3ccccc3)CC2C)n(C)c2c1c(=O)n(CC(=O)c1ccccc1)c1ccccc21. The summed E-state index contributed by atoms with van der Waals surface area (Å²) in [6.45, 7) is 4.67. The molecule has 1 saturated heterocycles. The van der Waals surface area contributed by atoms with Crippen molar-refractivity contribution in [3.63, 3.8) is 0 Å². The van der Waals surface area contributed by atoms with E-state index >= 15 is 0 Å². The Bertz CT molecular complexity index is 1860. The lowest BCUT2D eigenvalue weighted by atomic mass is 9.93. The first-order valence-corrected chi connectivity index (χ1v) is 14.7. The molecule has 1 aliphatic rings. The first-order valence-electron chi connectivity index (χ1n) is 14.7. The van der Waals surface area contributed by atoms with E-state index in [0.29, 0.717) is 27.7 Å². The van der Waals surface area contributed by atoms with Crippen LogP contribution < -0.4 is 15.6 Å². The fourth-order valence-electron chi connectivity index (χ4n) is 6.46. The topological polar surface area (TPSA) is 85.6 Å². The molecular weight excluding hydrogens is 540 g/mol. The summed E-state index contributed by atoms with van der Waals surface area (Å²) < 4.78 is 9.03. The Balaban J connectivity index is 1.33. The molecule has 8 heteroatoms. The van der Waals surface area contributed by atoms with E-state index in [0.717, 1.165) is 31.4 Å². The van der Waals surface area contributed by atoms with Gasteiger partial charge in [-0.3, -0.25) is 23.9 Å². The molecule has 0 aliphatic carbocycles. The van der Waals surface area contributed by atoms with Crippen molar-refractivity contribution in [3.8, 4) is 5.75 Å². The molecule has 2 unspecified atom stereocenters. The molecule has 3 heterocycles. The highest BCUT2D eigenvalue weighted by Crippen LogP contribution is 2.35. The number of para-hydroxylation sites is 1. The van der Waals surface area contributed by atoms with Gasteiger partial charge in [0.25, 0.3) is 11.5 Å². The maximum Gasteiger partial charge on any atom is 0.272 e. The van der Waals surface area contributed by atoms with Gasteiger partial charge >= 0.3 is 0 Å². The van der Waals surface area contributed by atoms with Crippen molar-refractivity contribution < 1.29 is 14.3 Å². The third-order valence-electron chi connectivity index (χ3n) is 8.63. The number of rotatable bonds is 8. The van der Waals surface area contributed by atoms with Crippen LogP contribution in [0.5, 0.6) is 5.75 Å². The number of benzene rings is 3. The number of nitrogens with zero attached hydrogens (tertiary/aromatic N) is 3. The van der Waals surface area contributed by atoms with Gasteiger partial charge in [-0.05, 0) is 24.0 Å². The number of ketones is 1. The molecule has 0 radical (unpaired) electrons. The standard InChI is InChI=1S/C35H36N4O4/c1-23-20-38(21-24-12-6-4-7-13-24)19-18-27(23)36-34(41)32-33(43-3)30-31(37(32)2)26-16-10-11-17-28(26)39(35(30)42)22-29(40)25-14-8-5-9-15-25/h4-17,23,27H,18-22H2,1-3H3,(H,36,41). The number of fused-ring (bicyclic) bond motifs is 3. The highest BCUT2D eigenvalue weighted by molar-refractivity contribution is 6.12. The number of carbonyl (C=O) groups excluding carboxylic acids is 2. The highest BCUT2D eigenvalue weighted by Gasteiger charge is 2.32. The Morgan fingerprint density at radius 2 is 1.63 bits per heavy atom. The summed E-state index contributed by atoms with van der Waals surface area (Å²) in [5, 5.41) is 4.31. The Kier molecular flexibility index (Phi) is 7.86. The minimum atomic E-state index is -0.368. The Hall–Kier alpha value is -4.69. The van der Waals surface area contributed by atoms with Gasteiger partial charge in [0, 0.05) is 43.7 Å². The fourth-order valence-corrected chi connectivity index (χ4v) is 6.46. The predicted octanol–water partition coefficient (Wildman–Crippen LogP) is 5.03. The van der Waals surface area contributed by atoms with E-state index in [2.05, 4.69) is 41.4 Å². The number of piperidine rings is 1. The summed E-state index contributed by atoms with van der Waals surface area (Å²) in [5.74, 6) is 0.0111. The van der Waals surface area contributed by atoms with E-state index < -0.39 is 0 Å². The molecule has 5 aromatic rings. The number of aryl methyl sites for hydroxylation is 1. The second-order valence-electron chi connectivity index (χ2n) is 11.4. The Labute approximate surface area is 250 Å². The molecule has 1 N–H and O–H groups in total. The van der Waals surface area contributed by atoms with Crippen molar-refractivity contribution in [2.45, 2.75) is 32.5 Å². The van der Waals surface area contributed by atoms with E-state index in [1.54, 1.807) is 35.9 Å². The fraction of sp³-hybridized carbons (Fsp3) is 0.286. The van der Waals surface area contributed by atoms with Crippen LogP contribution in [0.15, 0.2) is 89.7 Å². The second kappa shape index (κ2) is 11.9. The number of Topliss-reactive ketones (excluding diaryl/α,β-unsaturated/α-hetero) is 1. The molecule has 1 fully saturated rings. The molecule has 0 spiro atoms. The molecule has 1 aliphatic heterocycles. The third kappa shape index (κ3) is 5.34. The number of hydrogen-bond donors (Lipinski definition) is 1. The van der Waals surface area contributed by atoms with Gasteiger partial charge < -0.3 is 14.6 Å². The number of aromatic nitrogens is 2. The molecule has 8 nitrogen and oxygen atoms in total. The summed E-state index contributed by atoms with van der Waals surface area (Å²) in [7, 11) is 3.27. The highest BCUT2D eigenvalue weighted by atomic mass is 16.5. The maximum absolute atomic E-state index is 14.1. The zero-order valence-corrected chi connectivity index (χ0v) is 24.7. The minimum Gasteiger partial charge on any atom is -0.493 e. The van der Waals surface area contributed by atoms with Gasteiger partial charge in [-0.15, -0.1) is 0 Å². The number of hydrogen-bond acceptors (Lipinski definition) is 5. The van der Waals surface area contributed by atoms with Gasteiger partial charge in [0.2, 0.25) is 0 Å². The molecule has 2 aromatic heterocycles. The quantitative estimate of drug-likeness (QED) is 0.262. The Morgan fingerprint density at radius 3 is 2.33 bits per heavy atom. The van der Waals surface area contributed by atoms with E-state index in [9.17, 15) is 14.4 Å². The number of ether oxygens (including phenoxy) is 1. The van der Waals surface area contributed by atoms with Crippen LogP contribution >= 0.6 is 0 Å². The maximum atomic E-state index is 14.1. The largest absolute Gasteiger partial charge is 0.493 e. The molecule has 43 heavy (non-hydrogen) atoms. The average Bonchev–Trinajstić information content (AvgIpc) is 3.33. The van der Waals surface area contributed by atoms with E-state index in [4.69, 9.17) is 4.74 Å². The van der Waals surface area contributed by atoms with E-state index in [1.165, 1.54) is 17.2 Å². The Morgan fingerprint density at radius 1 is 0.953 bits per heavy atom. The lowest BCUT2D eigenvalue weighted by molar-refractivity contribution is 0.0849. The second-order valence-corrected chi connectivity index (χ2v) is 11.4. The predicted molar refractivity (Wildman–Crippen MR) is 169 cm³/mol. The van der Waals surface area contributed by atoms with Crippen molar-refractivity contribution in [2.75, 3.05) is 20.2 Å². The summed E-state index contributed by atoms with van der Waals surface area (Å²) >= 11 is 0. The first kappa shape index (κ1) is 28.4. The number of likely N-dealkylation sites (tertiary alicyclic amines) is 1. The van der Waals surface area contributed by atoms with Gasteiger partial charge in [0.1, 0.15) is 5.39 Å². The summed E-state index contributed by atoms with van der Waals surface area (Å²) in [6.07, 6.45) is 0.823. The zero-order valence-electron chi connectivity index (χ0n) is 24.7. The summed E-state index contributed by atoms with van der Waals surface area (Å²) in [4.78, 5) is 43.6. The first-order chi connectivity index (χ1) is 20.9. The van der Waals surface area contributed by atoms with Crippen LogP contribution in [0.2, 0.25) is 0 Å². The van der Waals surface area contributed by atoms with Crippen LogP contribution in [-0.4, -0.2) is 52.0 Å². The van der Waals surface area contributed by atoms with E-state index in [1.807, 2.05) is 36.4 Å². The van der Waals surface area contributed by atoms with Crippen LogP contribution in [0.4, 0.5) is 0 Å². The van der Waals surface area contributed by atoms with Gasteiger partial charge in [-0.2, -0.15) is 0 Å². The lowest BCUT2D eigenvalue weighted by Gasteiger charge is -2.37. The normalized spacial score (nSPS) is 17.3. The van der Waals surface area contributed by atoms with Crippen molar-refractivity contribution in [3.05, 3.63) is 112 Å². The van der Waals surface area contributed by atoms with Gasteiger partial charge in [0.05, 0.1) is 24.7 Å². The number of nitrogens with one attached hydrogen (secondary N) is 1. The van der Waals surface area contributed by atoms with Crippen molar-refractivity contribution >= 4 is 33.5 Å². The van der Waals surface area contributed by atoms with Gasteiger partial charge in [0.15, 0.2) is 17.2 Å². The van der Waals surface area contributed by atoms with Gasteiger partial charge in [-0.1, -0.05) is 85.8 Å². The van der Waals surface area contributed by atoms with Crippen LogP contribution in [0.3, 0.4) is 0 Å². The molecule has 220 valence electrons. The molecular formula is C35H36N4O4. The van der Waals surface area contributed by atoms with Crippen LogP contribution in [0.25, 0.3) is 21.8 Å². The van der Waals surface area contributed by atoms with Crippen LogP contribution in [0.1, 0.15) is 39.8 Å². The molecule has 1 amide bonds. The molecule has 6 rings (SSSR count). The number of amides is 1. The lowest BCUT2D eigenvalue weighted by Crippen LogP contribution is -2.50. The number of carbonyl (C=O) groups is 2. The smallest absolute Gasteiger partial charge is 0.272 e.